The summed E-state index contributed by atoms with van der Waals surface area (Å²) in [6.45, 7) is 6.05. The Morgan fingerprint density at radius 3 is 2.68 bits per heavy atom. The van der Waals surface area contributed by atoms with Crippen LogP contribution in [0.4, 0.5) is 4.39 Å². The quantitative estimate of drug-likeness (QED) is 0.901. The summed E-state index contributed by atoms with van der Waals surface area (Å²) in [5.41, 5.74) is 1.86. The van der Waals surface area contributed by atoms with Gasteiger partial charge in [0.05, 0.1) is 7.11 Å². The van der Waals surface area contributed by atoms with Crippen molar-refractivity contribution in [3.8, 4) is 0 Å². The SMILES string of the molecule is COC1=C(c2cccc(C(C)(C)C)c2F)C2NC=CN2C=C1. The number of ether oxygens (including phenoxy) is 1. The van der Waals surface area contributed by atoms with Gasteiger partial charge in [0.15, 0.2) is 0 Å². The third-order valence-corrected chi connectivity index (χ3v) is 4.05. The molecule has 1 aromatic rings. The van der Waals surface area contributed by atoms with E-state index in [0.29, 0.717) is 16.9 Å². The standard InChI is InChI=1S/C18H21FN2O/c1-18(2,3)13-7-5-6-12(16(13)19)15-14(22-4)8-10-21-11-9-20-17(15)21/h5-11,17,20H,1-4H3. The summed E-state index contributed by atoms with van der Waals surface area (Å²) < 4.78 is 20.6. The van der Waals surface area contributed by atoms with E-state index < -0.39 is 0 Å². The van der Waals surface area contributed by atoms with Gasteiger partial charge in [0.25, 0.3) is 0 Å². The highest BCUT2D eigenvalue weighted by atomic mass is 19.1. The topological polar surface area (TPSA) is 24.5 Å². The molecule has 1 atom stereocenters. The third-order valence-electron chi connectivity index (χ3n) is 4.05. The van der Waals surface area contributed by atoms with Crippen LogP contribution in [0.1, 0.15) is 31.9 Å². The number of allylic oxidation sites excluding steroid dienone is 1. The summed E-state index contributed by atoms with van der Waals surface area (Å²) in [5.74, 6) is 0.505. The van der Waals surface area contributed by atoms with Crippen molar-refractivity contribution in [2.75, 3.05) is 7.11 Å². The van der Waals surface area contributed by atoms with Crippen LogP contribution in [0, 0.1) is 5.82 Å². The lowest BCUT2D eigenvalue weighted by Crippen LogP contribution is -2.36. The monoisotopic (exact) mass is 300 g/mol. The maximum Gasteiger partial charge on any atom is 0.134 e. The Bertz CT molecular complexity index is 683. The summed E-state index contributed by atoms with van der Waals surface area (Å²) in [6.07, 6.45) is 7.45. The molecule has 1 N–H and O–H groups in total. The number of nitrogens with zero attached hydrogens (tertiary/aromatic N) is 1. The van der Waals surface area contributed by atoms with E-state index in [-0.39, 0.29) is 17.4 Å². The Morgan fingerprint density at radius 2 is 2.00 bits per heavy atom. The van der Waals surface area contributed by atoms with Gasteiger partial charge in [0.2, 0.25) is 0 Å². The number of methoxy groups -OCH3 is 1. The highest BCUT2D eigenvalue weighted by molar-refractivity contribution is 5.76. The first kappa shape index (κ1) is 14.7. The van der Waals surface area contributed by atoms with Crippen molar-refractivity contribution < 1.29 is 9.13 Å². The normalized spacial score (nSPS) is 20.2. The van der Waals surface area contributed by atoms with Gasteiger partial charge in [-0.1, -0.05) is 39.0 Å². The van der Waals surface area contributed by atoms with Gasteiger partial charge in [0.1, 0.15) is 17.7 Å². The van der Waals surface area contributed by atoms with Gasteiger partial charge in [0, 0.05) is 29.7 Å². The van der Waals surface area contributed by atoms with Crippen molar-refractivity contribution in [1.82, 2.24) is 10.2 Å². The minimum atomic E-state index is -0.251. The van der Waals surface area contributed by atoms with E-state index in [9.17, 15) is 0 Å². The molecule has 3 nitrogen and oxygen atoms in total. The number of nitrogens with one attached hydrogen (secondary N) is 1. The van der Waals surface area contributed by atoms with Crippen molar-refractivity contribution in [2.24, 2.45) is 0 Å². The van der Waals surface area contributed by atoms with Gasteiger partial charge in [-0.15, -0.1) is 0 Å². The predicted molar refractivity (Wildman–Crippen MR) is 86.1 cm³/mol. The molecule has 0 amide bonds. The van der Waals surface area contributed by atoms with Crippen molar-refractivity contribution in [3.63, 3.8) is 0 Å². The summed E-state index contributed by atoms with van der Waals surface area (Å²) in [7, 11) is 1.61. The van der Waals surface area contributed by atoms with E-state index in [2.05, 4.69) is 5.32 Å². The molecule has 4 heteroatoms. The second kappa shape index (κ2) is 5.20. The molecule has 116 valence electrons. The fraction of sp³-hybridized carbons (Fsp3) is 0.333. The molecule has 0 spiro atoms. The van der Waals surface area contributed by atoms with E-state index in [1.54, 1.807) is 7.11 Å². The molecule has 3 rings (SSSR count). The number of fused-ring (bicyclic) bond motifs is 1. The molecule has 0 radical (unpaired) electrons. The van der Waals surface area contributed by atoms with Crippen LogP contribution in [0.25, 0.3) is 5.57 Å². The fourth-order valence-electron chi connectivity index (χ4n) is 2.92. The van der Waals surface area contributed by atoms with E-state index in [1.165, 1.54) is 0 Å². The summed E-state index contributed by atoms with van der Waals surface area (Å²) >= 11 is 0. The molecule has 0 saturated heterocycles. The average molecular weight is 300 g/mol. The molecule has 1 aromatic carbocycles. The van der Waals surface area contributed by atoms with Crippen LogP contribution in [0.15, 0.2) is 48.6 Å². The van der Waals surface area contributed by atoms with Crippen LogP contribution in [-0.4, -0.2) is 18.2 Å². The minimum absolute atomic E-state index is 0.135. The maximum atomic E-state index is 15.1. The Morgan fingerprint density at radius 1 is 1.23 bits per heavy atom. The Hall–Kier alpha value is -2.23. The lowest BCUT2D eigenvalue weighted by atomic mass is 9.84. The molecular formula is C18H21FN2O. The lowest BCUT2D eigenvalue weighted by molar-refractivity contribution is 0.294. The van der Waals surface area contributed by atoms with E-state index in [4.69, 9.17) is 4.74 Å². The van der Waals surface area contributed by atoms with Crippen LogP contribution in [0.5, 0.6) is 0 Å². The summed E-state index contributed by atoms with van der Waals surface area (Å²) in [5, 5.41) is 3.25. The predicted octanol–water partition coefficient (Wildman–Crippen LogP) is 3.71. The Labute approximate surface area is 130 Å². The number of hydrogen-bond acceptors (Lipinski definition) is 3. The number of benzene rings is 1. The Balaban J connectivity index is 2.17. The average Bonchev–Trinajstić information content (AvgIpc) is 2.94. The van der Waals surface area contributed by atoms with Crippen LogP contribution in [-0.2, 0) is 10.2 Å². The fourth-order valence-corrected chi connectivity index (χ4v) is 2.92. The van der Waals surface area contributed by atoms with Gasteiger partial charge in [-0.25, -0.2) is 4.39 Å². The maximum absolute atomic E-state index is 15.1. The molecule has 0 bridgehead atoms. The largest absolute Gasteiger partial charge is 0.496 e. The number of rotatable bonds is 2. The smallest absolute Gasteiger partial charge is 0.134 e. The highest BCUT2D eigenvalue weighted by Gasteiger charge is 2.32. The van der Waals surface area contributed by atoms with Gasteiger partial charge >= 0.3 is 0 Å². The van der Waals surface area contributed by atoms with E-state index in [1.807, 2.05) is 68.5 Å². The summed E-state index contributed by atoms with van der Waals surface area (Å²) in [6, 6.07) is 5.57. The first-order valence-electron chi connectivity index (χ1n) is 7.39. The van der Waals surface area contributed by atoms with Crippen LogP contribution in [0.2, 0.25) is 0 Å². The molecule has 0 fully saturated rings. The van der Waals surface area contributed by atoms with E-state index in [0.717, 1.165) is 5.57 Å². The molecule has 0 aromatic heterocycles. The summed E-state index contributed by atoms with van der Waals surface area (Å²) in [4.78, 5) is 2.00. The lowest BCUT2D eigenvalue weighted by Gasteiger charge is -2.31. The molecule has 2 aliphatic heterocycles. The number of halogens is 1. The van der Waals surface area contributed by atoms with Gasteiger partial charge < -0.3 is 15.0 Å². The molecule has 2 heterocycles. The van der Waals surface area contributed by atoms with Gasteiger partial charge in [-0.2, -0.15) is 0 Å². The van der Waals surface area contributed by atoms with Crippen LogP contribution < -0.4 is 5.32 Å². The molecule has 0 saturated carbocycles. The first-order valence-corrected chi connectivity index (χ1v) is 7.39. The van der Waals surface area contributed by atoms with Crippen molar-refractivity contribution in [2.45, 2.75) is 32.4 Å². The van der Waals surface area contributed by atoms with Crippen molar-refractivity contribution in [3.05, 3.63) is 65.6 Å². The molecule has 1 unspecified atom stereocenters. The molecule has 22 heavy (non-hydrogen) atoms. The highest BCUT2D eigenvalue weighted by Crippen LogP contribution is 2.36. The Kier molecular flexibility index (Phi) is 3.47. The molecule has 2 aliphatic rings. The second-order valence-corrected chi connectivity index (χ2v) is 6.55. The third kappa shape index (κ3) is 2.28. The van der Waals surface area contributed by atoms with E-state index >= 15 is 4.39 Å². The van der Waals surface area contributed by atoms with Crippen molar-refractivity contribution in [1.29, 1.82) is 0 Å². The zero-order valence-corrected chi connectivity index (χ0v) is 13.4. The second-order valence-electron chi connectivity index (χ2n) is 6.55. The van der Waals surface area contributed by atoms with Crippen LogP contribution >= 0.6 is 0 Å². The number of hydrogen-bond donors (Lipinski definition) is 1. The first-order chi connectivity index (χ1) is 10.4. The van der Waals surface area contributed by atoms with Crippen LogP contribution in [0.3, 0.4) is 0 Å². The minimum Gasteiger partial charge on any atom is -0.496 e. The van der Waals surface area contributed by atoms with Crippen molar-refractivity contribution >= 4 is 5.57 Å². The molecule has 0 aliphatic carbocycles. The molecular weight excluding hydrogens is 279 g/mol. The van der Waals surface area contributed by atoms with Gasteiger partial charge in [-0.05, 0) is 17.1 Å². The zero-order chi connectivity index (χ0) is 15.9. The van der Waals surface area contributed by atoms with Gasteiger partial charge in [-0.3, -0.25) is 0 Å². The zero-order valence-electron chi connectivity index (χ0n) is 13.4.